The predicted octanol–water partition coefficient (Wildman–Crippen LogP) is 3.17. The van der Waals surface area contributed by atoms with Crippen LogP contribution >= 0.6 is 0 Å². The van der Waals surface area contributed by atoms with Gasteiger partial charge in [0.2, 0.25) is 5.95 Å². The van der Waals surface area contributed by atoms with Crippen LogP contribution in [-0.2, 0) is 12.7 Å². The zero-order chi connectivity index (χ0) is 18.7. The molecule has 26 heavy (non-hydrogen) atoms. The largest absolute Gasteiger partial charge is 0.416 e. The predicted molar refractivity (Wildman–Crippen MR) is 92.4 cm³/mol. The van der Waals surface area contributed by atoms with Crippen molar-refractivity contribution in [1.29, 1.82) is 0 Å². The lowest BCUT2D eigenvalue weighted by Crippen LogP contribution is -2.13. The standard InChI is InChI=1S/C17H17F3N6/c1-2-12-5-6-14(24-12)25-16-23-9-22-15(26-16)10-3-4-11(8-21)13(7-10)17(18,19)20/h3-7,9,12H,2,8,21H2,1H3,(H,22,23,24,25,26). The molecule has 2 heterocycles. The smallest absolute Gasteiger partial charge is 0.326 e. The molecule has 0 spiro atoms. The summed E-state index contributed by atoms with van der Waals surface area (Å²) in [6, 6.07) is 3.96. The Balaban J connectivity index is 1.90. The lowest BCUT2D eigenvalue weighted by molar-refractivity contribution is -0.138. The van der Waals surface area contributed by atoms with E-state index < -0.39 is 11.7 Å². The molecule has 0 bridgehead atoms. The van der Waals surface area contributed by atoms with Crippen molar-refractivity contribution in [3.8, 4) is 11.4 Å². The SMILES string of the molecule is CCC1C=CC(Nc2ncnc(-c3ccc(CN)c(C(F)(F)F)c3)n2)=N1. The number of aliphatic imine (C=N–C) groups is 1. The number of hydrogen-bond acceptors (Lipinski definition) is 6. The van der Waals surface area contributed by atoms with Gasteiger partial charge < -0.3 is 11.1 Å². The molecule has 1 unspecified atom stereocenters. The van der Waals surface area contributed by atoms with E-state index in [1.54, 1.807) is 0 Å². The first kappa shape index (κ1) is 18.0. The minimum Gasteiger partial charge on any atom is -0.326 e. The number of aromatic nitrogens is 3. The summed E-state index contributed by atoms with van der Waals surface area (Å²) < 4.78 is 39.6. The third-order valence-corrected chi connectivity index (χ3v) is 3.90. The lowest BCUT2D eigenvalue weighted by atomic mass is 10.0. The van der Waals surface area contributed by atoms with Gasteiger partial charge in [0, 0.05) is 12.1 Å². The van der Waals surface area contributed by atoms with Crippen molar-refractivity contribution >= 4 is 11.8 Å². The molecule has 0 radical (unpaired) electrons. The molecule has 2 aromatic rings. The van der Waals surface area contributed by atoms with Gasteiger partial charge in [-0.25, -0.2) is 9.97 Å². The molecule has 0 fully saturated rings. The molecule has 1 aromatic heterocycles. The van der Waals surface area contributed by atoms with Crippen molar-refractivity contribution in [3.63, 3.8) is 0 Å². The number of nitrogens with one attached hydrogen (secondary N) is 1. The van der Waals surface area contributed by atoms with Crippen LogP contribution in [0, 0.1) is 0 Å². The molecular weight excluding hydrogens is 345 g/mol. The van der Waals surface area contributed by atoms with Crippen LogP contribution in [0.5, 0.6) is 0 Å². The molecule has 9 heteroatoms. The monoisotopic (exact) mass is 362 g/mol. The molecule has 3 N–H and O–H groups in total. The zero-order valence-electron chi connectivity index (χ0n) is 14.0. The molecule has 0 aliphatic carbocycles. The number of hydrogen-bond donors (Lipinski definition) is 2. The maximum atomic E-state index is 13.2. The molecule has 0 amide bonds. The van der Waals surface area contributed by atoms with E-state index >= 15 is 0 Å². The van der Waals surface area contributed by atoms with Crippen LogP contribution < -0.4 is 11.1 Å². The van der Waals surface area contributed by atoms with E-state index in [-0.39, 0.29) is 35.5 Å². The average molecular weight is 362 g/mol. The van der Waals surface area contributed by atoms with Gasteiger partial charge in [-0.3, -0.25) is 4.99 Å². The Morgan fingerprint density at radius 2 is 2.04 bits per heavy atom. The van der Waals surface area contributed by atoms with E-state index in [1.807, 2.05) is 19.1 Å². The number of amidine groups is 1. The van der Waals surface area contributed by atoms with E-state index in [4.69, 9.17) is 5.73 Å². The highest BCUT2D eigenvalue weighted by Crippen LogP contribution is 2.34. The summed E-state index contributed by atoms with van der Waals surface area (Å²) in [4.78, 5) is 16.6. The van der Waals surface area contributed by atoms with Gasteiger partial charge in [0.1, 0.15) is 12.2 Å². The van der Waals surface area contributed by atoms with Gasteiger partial charge in [-0.15, -0.1) is 0 Å². The fourth-order valence-electron chi connectivity index (χ4n) is 2.54. The minimum atomic E-state index is -4.50. The van der Waals surface area contributed by atoms with Gasteiger partial charge in [-0.05, 0) is 24.1 Å². The number of anilines is 1. The van der Waals surface area contributed by atoms with Crippen molar-refractivity contribution in [2.45, 2.75) is 32.1 Å². The van der Waals surface area contributed by atoms with Crippen LogP contribution in [0.4, 0.5) is 19.1 Å². The maximum Gasteiger partial charge on any atom is 0.416 e. The first-order valence-electron chi connectivity index (χ1n) is 8.03. The van der Waals surface area contributed by atoms with Crippen molar-refractivity contribution < 1.29 is 13.2 Å². The third-order valence-electron chi connectivity index (χ3n) is 3.90. The summed E-state index contributed by atoms with van der Waals surface area (Å²) in [5.74, 6) is 0.946. The number of halogens is 3. The average Bonchev–Trinajstić information content (AvgIpc) is 3.08. The fraction of sp³-hybridized carbons (Fsp3) is 0.294. The Kier molecular flexibility index (Phi) is 4.99. The molecular formula is C17H17F3N6. The minimum absolute atomic E-state index is 0.0183. The van der Waals surface area contributed by atoms with Gasteiger partial charge in [0.25, 0.3) is 0 Å². The second-order valence-electron chi connectivity index (χ2n) is 5.68. The van der Waals surface area contributed by atoms with E-state index in [9.17, 15) is 13.2 Å². The third kappa shape index (κ3) is 3.88. The Bertz CT molecular complexity index is 860. The lowest BCUT2D eigenvalue weighted by Gasteiger charge is -2.13. The zero-order valence-corrected chi connectivity index (χ0v) is 14.0. The van der Waals surface area contributed by atoms with Gasteiger partial charge in [0.15, 0.2) is 5.82 Å². The second-order valence-corrected chi connectivity index (χ2v) is 5.68. The highest BCUT2D eigenvalue weighted by molar-refractivity contribution is 6.04. The summed E-state index contributed by atoms with van der Waals surface area (Å²) in [5.41, 5.74) is 4.86. The highest BCUT2D eigenvalue weighted by Gasteiger charge is 2.33. The van der Waals surface area contributed by atoms with Gasteiger partial charge in [-0.1, -0.05) is 25.1 Å². The van der Waals surface area contributed by atoms with Crippen LogP contribution in [0.15, 0.2) is 41.7 Å². The Hall–Kier alpha value is -2.81. The molecule has 1 aliphatic rings. The number of benzene rings is 1. The molecule has 0 saturated heterocycles. The van der Waals surface area contributed by atoms with E-state index in [0.717, 1.165) is 12.5 Å². The molecule has 3 rings (SSSR count). The first-order valence-corrected chi connectivity index (χ1v) is 8.03. The van der Waals surface area contributed by atoms with Crippen molar-refractivity contribution in [2.75, 3.05) is 5.32 Å². The number of nitrogens with zero attached hydrogens (tertiary/aromatic N) is 4. The van der Waals surface area contributed by atoms with Crippen LogP contribution in [0.2, 0.25) is 0 Å². The number of nitrogens with two attached hydrogens (primary N) is 1. The molecule has 0 saturated carbocycles. The van der Waals surface area contributed by atoms with Gasteiger partial charge >= 0.3 is 6.18 Å². The summed E-state index contributed by atoms with van der Waals surface area (Å²) in [6.45, 7) is 1.82. The van der Waals surface area contributed by atoms with Crippen molar-refractivity contribution in [2.24, 2.45) is 10.7 Å². The van der Waals surface area contributed by atoms with Crippen LogP contribution in [0.25, 0.3) is 11.4 Å². The van der Waals surface area contributed by atoms with E-state index in [2.05, 4.69) is 25.3 Å². The quantitative estimate of drug-likeness (QED) is 0.872. The summed E-state index contributed by atoms with van der Waals surface area (Å²) >= 11 is 0. The topological polar surface area (TPSA) is 89.1 Å². The van der Waals surface area contributed by atoms with Gasteiger partial charge in [0.05, 0.1) is 11.6 Å². The fourth-order valence-corrected chi connectivity index (χ4v) is 2.54. The second kappa shape index (κ2) is 7.20. The number of alkyl halides is 3. The molecule has 1 aromatic carbocycles. The Morgan fingerprint density at radius 1 is 1.23 bits per heavy atom. The van der Waals surface area contributed by atoms with E-state index in [1.165, 1.54) is 18.5 Å². The molecule has 136 valence electrons. The molecule has 1 aliphatic heterocycles. The Morgan fingerprint density at radius 3 is 2.69 bits per heavy atom. The normalized spacial score (nSPS) is 16.7. The molecule has 6 nitrogen and oxygen atoms in total. The highest BCUT2D eigenvalue weighted by atomic mass is 19.4. The van der Waals surface area contributed by atoms with Crippen molar-refractivity contribution in [3.05, 3.63) is 47.8 Å². The summed E-state index contributed by atoms with van der Waals surface area (Å²) in [7, 11) is 0. The van der Waals surface area contributed by atoms with Gasteiger partial charge in [-0.2, -0.15) is 18.2 Å². The van der Waals surface area contributed by atoms with E-state index in [0.29, 0.717) is 5.84 Å². The van der Waals surface area contributed by atoms with Crippen LogP contribution in [-0.4, -0.2) is 26.8 Å². The summed E-state index contributed by atoms with van der Waals surface area (Å²) in [5, 5.41) is 2.94. The number of rotatable bonds is 4. The van der Waals surface area contributed by atoms with Crippen LogP contribution in [0.1, 0.15) is 24.5 Å². The Labute approximate surface area is 148 Å². The molecule has 1 atom stereocenters. The van der Waals surface area contributed by atoms with Crippen molar-refractivity contribution in [1.82, 2.24) is 15.0 Å². The van der Waals surface area contributed by atoms with Crippen LogP contribution in [0.3, 0.4) is 0 Å². The maximum absolute atomic E-state index is 13.2. The summed E-state index contributed by atoms with van der Waals surface area (Å²) in [6.07, 6.45) is 1.38. The first-order chi connectivity index (χ1) is 12.4.